The van der Waals surface area contributed by atoms with Crippen LogP contribution < -0.4 is 0 Å². The van der Waals surface area contributed by atoms with E-state index in [0.717, 1.165) is 28.2 Å². The van der Waals surface area contributed by atoms with E-state index in [0.29, 0.717) is 11.9 Å². The average molecular weight is 351 g/mol. The third kappa shape index (κ3) is 2.73. The molecule has 3 aliphatic rings. The summed E-state index contributed by atoms with van der Waals surface area (Å²) in [5.74, 6) is 1.19. The predicted octanol–water partition coefficient (Wildman–Crippen LogP) is 4.10. The molecule has 0 bridgehead atoms. The summed E-state index contributed by atoms with van der Waals surface area (Å²) in [6, 6.07) is 16.7. The summed E-state index contributed by atoms with van der Waals surface area (Å²) in [5.41, 5.74) is 7.31. The lowest BCUT2D eigenvalue weighted by atomic mass is 10.0. The van der Waals surface area contributed by atoms with Crippen molar-refractivity contribution >= 4 is 29.7 Å². The van der Waals surface area contributed by atoms with Crippen LogP contribution in [0.25, 0.3) is 5.70 Å². The van der Waals surface area contributed by atoms with Crippen molar-refractivity contribution in [2.24, 2.45) is 20.0 Å². The monoisotopic (exact) mass is 351 g/mol. The molecule has 0 fully saturated rings. The second kappa shape index (κ2) is 5.99. The number of aliphatic imine (C=N–C) groups is 4. The van der Waals surface area contributed by atoms with Gasteiger partial charge in [-0.2, -0.15) is 0 Å². The maximum absolute atomic E-state index is 4.71. The first-order valence-corrected chi connectivity index (χ1v) is 8.83. The SMILES string of the molecule is Cc1ccc(C2=CC3=CC(c4ccc(C)cc4)=NC4=NC=NC(=N2)N34)cc1. The molecule has 5 nitrogen and oxygen atoms in total. The van der Waals surface area contributed by atoms with E-state index < -0.39 is 0 Å². The van der Waals surface area contributed by atoms with E-state index in [1.54, 1.807) is 0 Å². The lowest BCUT2D eigenvalue weighted by molar-refractivity contribution is 0.738. The van der Waals surface area contributed by atoms with Gasteiger partial charge < -0.3 is 0 Å². The first-order valence-electron chi connectivity index (χ1n) is 8.83. The second-order valence-electron chi connectivity index (χ2n) is 6.75. The molecule has 27 heavy (non-hydrogen) atoms. The van der Waals surface area contributed by atoms with Crippen LogP contribution in [0.5, 0.6) is 0 Å². The molecular weight excluding hydrogens is 334 g/mol. The molecule has 2 aromatic rings. The van der Waals surface area contributed by atoms with E-state index in [1.807, 2.05) is 4.90 Å². The van der Waals surface area contributed by atoms with Crippen molar-refractivity contribution in [2.75, 3.05) is 0 Å². The molecule has 0 spiro atoms. The predicted molar refractivity (Wildman–Crippen MR) is 110 cm³/mol. The zero-order valence-corrected chi connectivity index (χ0v) is 15.1. The molecular formula is C22H17N5. The van der Waals surface area contributed by atoms with Crippen molar-refractivity contribution in [1.29, 1.82) is 0 Å². The van der Waals surface area contributed by atoms with Crippen LogP contribution in [-0.2, 0) is 0 Å². The Morgan fingerprint density at radius 3 is 2.07 bits per heavy atom. The summed E-state index contributed by atoms with van der Waals surface area (Å²) in [6.07, 6.45) is 5.64. The van der Waals surface area contributed by atoms with Crippen molar-refractivity contribution in [1.82, 2.24) is 4.90 Å². The Labute approximate surface area is 157 Å². The van der Waals surface area contributed by atoms with Crippen LogP contribution in [-0.4, -0.2) is 28.9 Å². The van der Waals surface area contributed by atoms with Gasteiger partial charge in [0, 0.05) is 11.1 Å². The third-order valence-corrected chi connectivity index (χ3v) is 4.71. The zero-order valence-electron chi connectivity index (χ0n) is 15.1. The van der Waals surface area contributed by atoms with Gasteiger partial charge >= 0.3 is 0 Å². The van der Waals surface area contributed by atoms with Crippen molar-refractivity contribution in [2.45, 2.75) is 13.8 Å². The lowest BCUT2D eigenvalue weighted by Gasteiger charge is -2.31. The molecule has 130 valence electrons. The van der Waals surface area contributed by atoms with Crippen molar-refractivity contribution in [3.05, 3.63) is 88.6 Å². The second-order valence-corrected chi connectivity index (χ2v) is 6.75. The maximum Gasteiger partial charge on any atom is 0.239 e. The van der Waals surface area contributed by atoms with Crippen LogP contribution in [0.15, 0.2) is 86.3 Å². The van der Waals surface area contributed by atoms with E-state index in [9.17, 15) is 0 Å². The van der Waals surface area contributed by atoms with Gasteiger partial charge in [0.25, 0.3) is 0 Å². The number of aryl methyl sites for hydroxylation is 2. The fourth-order valence-electron chi connectivity index (χ4n) is 3.20. The van der Waals surface area contributed by atoms with E-state index >= 15 is 0 Å². The summed E-state index contributed by atoms with van der Waals surface area (Å²) in [4.78, 5) is 20.0. The molecule has 0 aliphatic carbocycles. The van der Waals surface area contributed by atoms with Crippen LogP contribution in [0.2, 0.25) is 0 Å². The highest BCUT2D eigenvalue weighted by atomic mass is 15.4. The minimum absolute atomic E-state index is 0.594. The molecule has 0 aromatic heterocycles. The van der Waals surface area contributed by atoms with Crippen LogP contribution in [0.4, 0.5) is 0 Å². The van der Waals surface area contributed by atoms with Gasteiger partial charge in [-0.25, -0.2) is 24.9 Å². The van der Waals surface area contributed by atoms with E-state index in [1.165, 1.54) is 17.5 Å². The number of benzene rings is 2. The van der Waals surface area contributed by atoms with Crippen LogP contribution >= 0.6 is 0 Å². The number of allylic oxidation sites excluding steroid dienone is 2. The van der Waals surface area contributed by atoms with E-state index in [-0.39, 0.29) is 0 Å². The Morgan fingerprint density at radius 2 is 1.37 bits per heavy atom. The van der Waals surface area contributed by atoms with Gasteiger partial charge in [-0.15, -0.1) is 0 Å². The number of hydrogen-bond acceptors (Lipinski definition) is 5. The van der Waals surface area contributed by atoms with Crippen LogP contribution in [0.1, 0.15) is 22.3 Å². The van der Waals surface area contributed by atoms with Crippen LogP contribution in [0, 0.1) is 13.8 Å². The van der Waals surface area contributed by atoms with Gasteiger partial charge in [0.15, 0.2) is 0 Å². The lowest BCUT2D eigenvalue weighted by Crippen LogP contribution is -2.40. The smallest absolute Gasteiger partial charge is 0.239 e. The van der Waals surface area contributed by atoms with Crippen molar-refractivity contribution in [3.63, 3.8) is 0 Å². The molecule has 0 atom stereocenters. The number of nitrogens with zero attached hydrogens (tertiary/aromatic N) is 5. The fraction of sp³-hybridized carbons (Fsp3) is 0.0909. The first-order chi connectivity index (χ1) is 13.2. The Morgan fingerprint density at radius 1 is 0.704 bits per heavy atom. The zero-order chi connectivity index (χ0) is 18.4. The summed E-state index contributed by atoms with van der Waals surface area (Å²) < 4.78 is 0. The molecule has 0 amide bonds. The molecule has 2 aromatic carbocycles. The molecule has 0 N–H and O–H groups in total. The van der Waals surface area contributed by atoms with Crippen molar-refractivity contribution < 1.29 is 0 Å². The van der Waals surface area contributed by atoms with Gasteiger partial charge in [0.2, 0.25) is 11.9 Å². The van der Waals surface area contributed by atoms with Gasteiger partial charge in [-0.05, 0) is 26.0 Å². The molecule has 0 saturated heterocycles. The Kier molecular flexibility index (Phi) is 3.47. The minimum Gasteiger partial charge on any atom is -0.246 e. The molecule has 3 aliphatic heterocycles. The van der Waals surface area contributed by atoms with E-state index in [2.05, 4.69) is 84.5 Å². The maximum atomic E-state index is 4.71. The summed E-state index contributed by atoms with van der Waals surface area (Å²) in [6.45, 7) is 4.16. The topological polar surface area (TPSA) is 52.7 Å². The largest absolute Gasteiger partial charge is 0.246 e. The first kappa shape index (κ1) is 15.6. The fourth-order valence-corrected chi connectivity index (χ4v) is 3.20. The van der Waals surface area contributed by atoms with Gasteiger partial charge in [-0.1, -0.05) is 59.7 Å². The highest BCUT2D eigenvalue weighted by Gasteiger charge is 2.30. The van der Waals surface area contributed by atoms with Crippen molar-refractivity contribution in [3.8, 4) is 0 Å². The molecule has 3 heterocycles. The Balaban J connectivity index is 1.63. The summed E-state index contributed by atoms with van der Waals surface area (Å²) in [5, 5.41) is 0. The number of guanidine groups is 2. The highest BCUT2D eigenvalue weighted by Crippen LogP contribution is 2.30. The molecule has 0 saturated carbocycles. The quantitative estimate of drug-likeness (QED) is 0.803. The summed E-state index contributed by atoms with van der Waals surface area (Å²) >= 11 is 0. The van der Waals surface area contributed by atoms with Gasteiger partial charge in [-0.3, -0.25) is 0 Å². The molecule has 0 unspecified atom stereocenters. The Hall–Kier alpha value is -3.60. The van der Waals surface area contributed by atoms with E-state index in [4.69, 9.17) is 9.98 Å². The standard InChI is InChI=1S/C22H17N5/c1-14-3-7-16(8-4-14)19-11-18-12-20(17-9-5-15(2)6-10-17)26-22-24-13-23-21(25-19)27(18)22/h3-13H,1-2H3. The third-order valence-electron chi connectivity index (χ3n) is 4.71. The molecule has 0 radical (unpaired) electrons. The van der Waals surface area contributed by atoms with Gasteiger partial charge in [0.05, 0.1) is 17.1 Å². The number of rotatable bonds is 2. The minimum atomic E-state index is 0.594. The Bertz CT molecular complexity index is 1060. The van der Waals surface area contributed by atoms with Crippen LogP contribution in [0.3, 0.4) is 0 Å². The molecule has 5 rings (SSSR count). The normalized spacial score (nSPS) is 17.4. The molecule has 5 heteroatoms. The number of hydrogen-bond donors (Lipinski definition) is 0. The van der Waals surface area contributed by atoms with Gasteiger partial charge in [0.1, 0.15) is 6.34 Å². The summed E-state index contributed by atoms with van der Waals surface area (Å²) in [7, 11) is 0. The average Bonchev–Trinajstić information content (AvgIpc) is 2.69. The highest BCUT2D eigenvalue weighted by molar-refractivity contribution is 6.22.